The molecule has 2 heterocycles. The van der Waals surface area contributed by atoms with Gasteiger partial charge in [0.25, 0.3) is 0 Å². The van der Waals surface area contributed by atoms with E-state index >= 15 is 0 Å². The summed E-state index contributed by atoms with van der Waals surface area (Å²) in [6.07, 6.45) is -7.12. The Labute approximate surface area is 191 Å². The molecule has 0 saturated carbocycles. The van der Waals surface area contributed by atoms with E-state index in [0.717, 1.165) is 20.8 Å². The first-order valence-electron chi connectivity index (χ1n) is 10.4. The normalized spacial score (nSPS) is 38.6. The van der Waals surface area contributed by atoms with Crippen molar-refractivity contribution in [3.8, 4) is 12.3 Å². The largest absolute Gasteiger partial charge is 0.456 e. The summed E-state index contributed by atoms with van der Waals surface area (Å²) in [5.41, 5.74) is 0. The molecule has 0 aromatic carbocycles. The Hall–Kier alpha value is -2.27. The van der Waals surface area contributed by atoms with Gasteiger partial charge in [0.05, 0.1) is 12.2 Å². The Balaban J connectivity index is 2.35. The Morgan fingerprint density at radius 1 is 0.788 bits per heavy atom. The first-order valence-corrected chi connectivity index (χ1v) is 10.4. The summed E-state index contributed by atoms with van der Waals surface area (Å²) in [7, 11) is 0. The molecule has 10 atom stereocenters. The molecule has 2 rings (SSSR count). The molecule has 0 aromatic rings. The van der Waals surface area contributed by atoms with Crippen LogP contribution in [0.3, 0.4) is 0 Å². The SMILES string of the molecule is C#CCO[C@@H]1OC(C)[C@H](O)C(O[C@@H]2OC(C)[C@H](OC(C)=O)C(OC(C)=O)C2OC(C)=O)C1O. The standard InChI is InChI=1S/C21H30O12/c1-7-8-27-20-15(26)17(14(25)9(2)28-20)33-21-19(32-13(6)24)18(31-12(5)23)16(10(3)29-21)30-11(4)22/h1,9-10,14-21,25-26H,8H2,2-6H3/t9?,10?,14-,15?,16-,17?,18?,19?,20+,21-/m0/s1. The molecule has 0 aromatic heterocycles. The lowest BCUT2D eigenvalue weighted by atomic mass is 9.97. The fourth-order valence-electron chi connectivity index (χ4n) is 3.66. The predicted octanol–water partition coefficient (Wildman–Crippen LogP) is -0.972. The van der Waals surface area contributed by atoms with Crippen molar-refractivity contribution in [3.05, 3.63) is 0 Å². The lowest BCUT2D eigenvalue weighted by Crippen LogP contribution is -2.65. The van der Waals surface area contributed by atoms with Crippen molar-refractivity contribution in [2.75, 3.05) is 6.61 Å². The van der Waals surface area contributed by atoms with Crippen molar-refractivity contribution in [2.45, 2.75) is 96.0 Å². The number of aliphatic hydroxyl groups excluding tert-OH is 2. The van der Waals surface area contributed by atoms with Crippen molar-refractivity contribution in [2.24, 2.45) is 0 Å². The Kier molecular flexibility index (Phi) is 9.59. The lowest BCUT2D eigenvalue weighted by Gasteiger charge is -2.47. The van der Waals surface area contributed by atoms with Crippen LogP contribution < -0.4 is 0 Å². The molecular formula is C21H30O12. The van der Waals surface area contributed by atoms with Crippen LogP contribution >= 0.6 is 0 Å². The van der Waals surface area contributed by atoms with Gasteiger partial charge >= 0.3 is 17.9 Å². The van der Waals surface area contributed by atoms with Crippen LogP contribution in [0.5, 0.6) is 0 Å². The number of carbonyl (C=O) groups is 3. The van der Waals surface area contributed by atoms with Gasteiger partial charge in [-0.1, -0.05) is 5.92 Å². The van der Waals surface area contributed by atoms with E-state index in [1.54, 1.807) is 0 Å². The van der Waals surface area contributed by atoms with Crippen molar-refractivity contribution >= 4 is 17.9 Å². The molecule has 186 valence electrons. The number of rotatable bonds is 7. The molecule has 2 aliphatic rings. The van der Waals surface area contributed by atoms with E-state index in [-0.39, 0.29) is 6.61 Å². The van der Waals surface area contributed by atoms with Gasteiger partial charge in [-0.3, -0.25) is 14.4 Å². The molecule has 2 saturated heterocycles. The maximum atomic E-state index is 11.8. The zero-order valence-electron chi connectivity index (χ0n) is 19.0. The molecule has 0 radical (unpaired) electrons. The highest BCUT2D eigenvalue weighted by molar-refractivity contribution is 5.68. The minimum absolute atomic E-state index is 0.164. The minimum Gasteiger partial charge on any atom is -0.456 e. The second kappa shape index (κ2) is 11.7. The van der Waals surface area contributed by atoms with Crippen LogP contribution in [0.25, 0.3) is 0 Å². The van der Waals surface area contributed by atoms with Gasteiger partial charge in [-0.15, -0.1) is 6.42 Å². The minimum atomic E-state index is -1.50. The number of terminal acetylenes is 1. The van der Waals surface area contributed by atoms with Crippen molar-refractivity contribution in [3.63, 3.8) is 0 Å². The van der Waals surface area contributed by atoms with Gasteiger partial charge in [-0.25, -0.2) is 0 Å². The number of aliphatic hydroxyl groups is 2. The van der Waals surface area contributed by atoms with Crippen LogP contribution in [-0.4, -0.2) is 96.1 Å². The summed E-state index contributed by atoms with van der Waals surface area (Å²) >= 11 is 0. The summed E-state index contributed by atoms with van der Waals surface area (Å²) in [6.45, 7) is 6.31. The molecule has 2 aliphatic heterocycles. The third kappa shape index (κ3) is 6.86. The monoisotopic (exact) mass is 474 g/mol. The van der Waals surface area contributed by atoms with Crippen LogP contribution in [0.1, 0.15) is 34.6 Å². The molecule has 0 spiro atoms. The Morgan fingerprint density at radius 2 is 1.30 bits per heavy atom. The fourth-order valence-corrected chi connectivity index (χ4v) is 3.66. The molecule has 33 heavy (non-hydrogen) atoms. The Bertz CT molecular complexity index is 748. The Morgan fingerprint density at radius 3 is 1.85 bits per heavy atom. The van der Waals surface area contributed by atoms with Crippen molar-refractivity contribution < 1.29 is 57.8 Å². The highest BCUT2D eigenvalue weighted by Gasteiger charge is 2.54. The quantitative estimate of drug-likeness (QED) is 0.265. The summed E-state index contributed by atoms with van der Waals surface area (Å²) in [5, 5.41) is 21.2. The number of hydrogen-bond acceptors (Lipinski definition) is 12. The number of ether oxygens (including phenoxy) is 7. The van der Waals surface area contributed by atoms with Crippen LogP contribution in [0.4, 0.5) is 0 Å². The van der Waals surface area contributed by atoms with Crippen molar-refractivity contribution in [1.29, 1.82) is 0 Å². The average Bonchev–Trinajstić information content (AvgIpc) is 2.71. The molecule has 0 aliphatic carbocycles. The lowest BCUT2D eigenvalue weighted by molar-refractivity contribution is -0.354. The first-order chi connectivity index (χ1) is 15.5. The van der Waals surface area contributed by atoms with Gasteiger partial charge in [-0.05, 0) is 13.8 Å². The number of carbonyl (C=O) groups excluding carboxylic acids is 3. The summed E-state index contributed by atoms with van der Waals surface area (Å²) in [4.78, 5) is 35.2. The van der Waals surface area contributed by atoms with E-state index in [1.807, 2.05) is 0 Å². The highest BCUT2D eigenvalue weighted by atomic mass is 16.7. The summed E-state index contributed by atoms with van der Waals surface area (Å²) < 4.78 is 38.2. The van der Waals surface area contributed by atoms with Gasteiger partial charge in [0, 0.05) is 20.8 Å². The molecular weight excluding hydrogens is 444 g/mol. The maximum Gasteiger partial charge on any atom is 0.303 e. The molecule has 12 heteroatoms. The van der Waals surface area contributed by atoms with Crippen LogP contribution in [0, 0.1) is 12.3 Å². The van der Waals surface area contributed by atoms with Gasteiger partial charge in [0.15, 0.2) is 30.9 Å². The molecule has 2 N–H and O–H groups in total. The molecule has 12 nitrogen and oxygen atoms in total. The van der Waals surface area contributed by atoms with Gasteiger partial charge in [-0.2, -0.15) is 0 Å². The van der Waals surface area contributed by atoms with E-state index in [2.05, 4.69) is 5.92 Å². The fraction of sp³-hybridized carbons (Fsp3) is 0.762. The number of hydrogen-bond donors (Lipinski definition) is 2. The second-order valence-corrected chi connectivity index (χ2v) is 7.74. The topological polar surface area (TPSA) is 156 Å². The van der Waals surface area contributed by atoms with Gasteiger partial charge in [0.2, 0.25) is 0 Å². The highest BCUT2D eigenvalue weighted by Crippen LogP contribution is 2.33. The number of esters is 3. The van der Waals surface area contributed by atoms with Crippen LogP contribution in [0.15, 0.2) is 0 Å². The van der Waals surface area contributed by atoms with Crippen molar-refractivity contribution in [1.82, 2.24) is 0 Å². The van der Waals surface area contributed by atoms with E-state index in [0.29, 0.717) is 0 Å². The van der Waals surface area contributed by atoms with E-state index in [1.165, 1.54) is 13.8 Å². The van der Waals surface area contributed by atoms with E-state index in [4.69, 9.17) is 39.6 Å². The molecule has 0 bridgehead atoms. The molecule has 6 unspecified atom stereocenters. The van der Waals surface area contributed by atoms with Crippen LogP contribution in [-0.2, 0) is 47.5 Å². The summed E-state index contributed by atoms with van der Waals surface area (Å²) in [5.74, 6) is 0.0794. The zero-order valence-corrected chi connectivity index (χ0v) is 19.0. The predicted molar refractivity (Wildman–Crippen MR) is 107 cm³/mol. The summed E-state index contributed by atoms with van der Waals surface area (Å²) in [6, 6.07) is 0. The van der Waals surface area contributed by atoms with E-state index < -0.39 is 79.3 Å². The third-order valence-corrected chi connectivity index (χ3v) is 5.04. The maximum absolute atomic E-state index is 11.8. The molecule has 0 amide bonds. The smallest absolute Gasteiger partial charge is 0.303 e. The first kappa shape index (κ1) is 27.0. The van der Waals surface area contributed by atoms with E-state index in [9.17, 15) is 24.6 Å². The molecule has 2 fully saturated rings. The second-order valence-electron chi connectivity index (χ2n) is 7.74. The van der Waals surface area contributed by atoms with Gasteiger partial charge < -0.3 is 43.4 Å². The third-order valence-electron chi connectivity index (χ3n) is 5.04. The zero-order chi connectivity index (χ0) is 24.9. The average molecular weight is 474 g/mol. The van der Waals surface area contributed by atoms with Gasteiger partial charge in [0.1, 0.15) is 24.9 Å². The van der Waals surface area contributed by atoms with Crippen LogP contribution in [0.2, 0.25) is 0 Å².